The number of halogens is 1. The van der Waals surface area contributed by atoms with E-state index in [9.17, 15) is 17.6 Å². The molecule has 0 fully saturated rings. The van der Waals surface area contributed by atoms with Gasteiger partial charge in [0.2, 0.25) is 5.91 Å². The van der Waals surface area contributed by atoms with E-state index in [4.69, 9.17) is 5.73 Å². The molecule has 1 rings (SSSR count). The molecular formula is C10H13FN2O3S. The van der Waals surface area contributed by atoms with Crippen molar-refractivity contribution in [3.63, 3.8) is 0 Å². The quantitative estimate of drug-likeness (QED) is 0.791. The van der Waals surface area contributed by atoms with Crippen LogP contribution in [0.25, 0.3) is 0 Å². The van der Waals surface area contributed by atoms with Gasteiger partial charge in [0.25, 0.3) is 0 Å². The predicted octanol–water partition coefficient (Wildman–Crippen LogP) is 0.270. The van der Waals surface area contributed by atoms with Gasteiger partial charge in [0.15, 0.2) is 9.84 Å². The third-order valence-electron chi connectivity index (χ3n) is 2.10. The molecule has 0 unspecified atom stereocenters. The maximum absolute atomic E-state index is 13.4. The summed E-state index contributed by atoms with van der Waals surface area (Å²) < 4.78 is 36.9. The Bertz CT molecular complexity index is 540. The standard InChI is InChI=1S/C10H13FN2O3S/c1-13(2)10(14)6-17(15,16)9-4-3-7(12)5-8(9)11/h3-5H,6,12H2,1-2H3. The van der Waals surface area contributed by atoms with Crippen molar-refractivity contribution in [2.75, 3.05) is 25.6 Å². The molecule has 0 heterocycles. The second-order valence-corrected chi connectivity index (χ2v) is 5.70. The minimum Gasteiger partial charge on any atom is -0.399 e. The second-order valence-electron chi connectivity index (χ2n) is 3.74. The van der Waals surface area contributed by atoms with Crippen LogP contribution in [0.1, 0.15) is 0 Å². The number of rotatable bonds is 3. The molecule has 17 heavy (non-hydrogen) atoms. The summed E-state index contributed by atoms with van der Waals surface area (Å²) in [4.78, 5) is 11.9. The van der Waals surface area contributed by atoms with Crippen LogP contribution in [0.4, 0.5) is 10.1 Å². The van der Waals surface area contributed by atoms with E-state index in [1.54, 1.807) is 0 Å². The molecule has 0 radical (unpaired) electrons. The van der Waals surface area contributed by atoms with Crippen molar-refractivity contribution < 1.29 is 17.6 Å². The summed E-state index contributed by atoms with van der Waals surface area (Å²) in [5.74, 6) is -2.32. The van der Waals surface area contributed by atoms with Crippen LogP contribution in [0.2, 0.25) is 0 Å². The molecule has 5 nitrogen and oxygen atoms in total. The highest BCUT2D eigenvalue weighted by Crippen LogP contribution is 2.18. The highest BCUT2D eigenvalue weighted by molar-refractivity contribution is 7.92. The van der Waals surface area contributed by atoms with Gasteiger partial charge in [0.05, 0.1) is 0 Å². The van der Waals surface area contributed by atoms with Gasteiger partial charge < -0.3 is 10.6 Å². The number of carbonyl (C=O) groups excluding carboxylic acids is 1. The highest BCUT2D eigenvalue weighted by atomic mass is 32.2. The molecule has 0 saturated heterocycles. The van der Waals surface area contributed by atoms with Gasteiger partial charge in [-0.15, -0.1) is 0 Å². The molecule has 0 aliphatic rings. The van der Waals surface area contributed by atoms with Gasteiger partial charge in [-0.3, -0.25) is 4.79 Å². The summed E-state index contributed by atoms with van der Waals surface area (Å²) in [6.45, 7) is 0. The minimum absolute atomic E-state index is 0.125. The van der Waals surface area contributed by atoms with Crippen molar-refractivity contribution in [2.24, 2.45) is 0 Å². The molecule has 0 bridgehead atoms. The van der Waals surface area contributed by atoms with Gasteiger partial charge in [-0.05, 0) is 18.2 Å². The third kappa shape index (κ3) is 3.16. The first-order valence-corrected chi connectivity index (χ1v) is 6.37. The first-order valence-electron chi connectivity index (χ1n) is 4.72. The Labute approximate surface area is 98.9 Å². The smallest absolute Gasteiger partial charge is 0.237 e. The van der Waals surface area contributed by atoms with E-state index in [2.05, 4.69) is 0 Å². The molecule has 0 aliphatic heterocycles. The molecule has 1 amide bonds. The van der Waals surface area contributed by atoms with Crippen molar-refractivity contribution in [3.8, 4) is 0 Å². The molecule has 0 aromatic heterocycles. The predicted molar refractivity (Wildman–Crippen MR) is 61.6 cm³/mol. The molecule has 7 heteroatoms. The first kappa shape index (κ1) is 13.4. The summed E-state index contributed by atoms with van der Waals surface area (Å²) in [7, 11) is -1.12. The number of nitrogens with zero attached hydrogens (tertiary/aromatic N) is 1. The maximum Gasteiger partial charge on any atom is 0.237 e. The van der Waals surface area contributed by atoms with Crippen LogP contribution < -0.4 is 5.73 Å². The summed E-state index contributed by atoms with van der Waals surface area (Å²) >= 11 is 0. The molecule has 0 saturated carbocycles. The first-order chi connectivity index (χ1) is 7.74. The Morgan fingerprint density at radius 3 is 2.47 bits per heavy atom. The molecule has 1 aromatic carbocycles. The van der Waals surface area contributed by atoms with Crippen molar-refractivity contribution in [2.45, 2.75) is 4.90 Å². The summed E-state index contributed by atoms with van der Waals surface area (Å²) in [6.07, 6.45) is 0. The zero-order valence-corrected chi connectivity index (χ0v) is 10.3. The van der Waals surface area contributed by atoms with Crippen LogP contribution in [0.15, 0.2) is 23.1 Å². The van der Waals surface area contributed by atoms with Gasteiger partial charge in [-0.2, -0.15) is 0 Å². The highest BCUT2D eigenvalue weighted by Gasteiger charge is 2.23. The average Bonchev–Trinajstić information content (AvgIpc) is 2.15. The van der Waals surface area contributed by atoms with Crippen LogP contribution in [-0.2, 0) is 14.6 Å². The van der Waals surface area contributed by atoms with E-state index in [-0.39, 0.29) is 5.69 Å². The van der Waals surface area contributed by atoms with Crippen LogP contribution >= 0.6 is 0 Å². The molecule has 94 valence electrons. The zero-order chi connectivity index (χ0) is 13.2. The van der Waals surface area contributed by atoms with Crippen LogP contribution in [0.5, 0.6) is 0 Å². The molecule has 2 N–H and O–H groups in total. The zero-order valence-electron chi connectivity index (χ0n) is 9.47. The molecule has 0 atom stereocenters. The fourth-order valence-electron chi connectivity index (χ4n) is 1.14. The fraction of sp³-hybridized carbons (Fsp3) is 0.300. The topological polar surface area (TPSA) is 80.5 Å². The Hall–Kier alpha value is -1.63. The lowest BCUT2D eigenvalue weighted by molar-refractivity contribution is -0.125. The van der Waals surface area contributed by atoms with Crippen molar-refractivity contribution in [1.29, 1.82) is 0 Å². The van der Waals surface area contributed by atoms with Crippen LogP contribution in [-0.4, -0.2) is 39.1 Å². The average molecular weight is 260 g/mol. The van der Waals surface area contributed by atoms with E-state index in [1.807, 2.05) is 0 Å². The third-order valence-corrected chi connectivity index (χ3v) is 3.73. The monoisotopic (exact) mass is 260 g/mol. The largest absolute Gasteiger partial charge is 0.399 e. The van der Waals surface area contributed by atoms with Crippen molar-refractivity contribution in [1.82, 2.24) is 4.90 Å². The second kappa shape index (κ2) is 4.70. The number of carbonyl (C=O) groups is 1. The summed E-state index contributed by atoms with van der Waals surface area (Å²) in [5.41, 5.74) is 5.44. The van der Waals surface area contributed by atoms with Crippen molar-refractivity contribution >= 4 is 21.4 Å². The number of hydrogen-bond donors (Lipinski definition) is 1. The van der Waals surface area contributed by atoms with E-state index in [1.165, 1.54) is 20.2 Å². The van der Waals surface area contributed by atoms with Gasteiger partial charge in [-0.25, -0.2) is 12.8 Å². The summed E-state index contributed by atoms with van der Waals surface area (Å²) in [5, 5.41) is 0. The van der Waals surface area contributed by atoms with Gasteiger partial charge >= 0.3 is 0 Å². The van der Waals surface area contributed by atoms with Crippen molar-refractivity contribution in [3.05, 3.63) is 24.0 Å². The molecule has 0 spiro atoms. The molecule has 0 aliphatic carbocycles. The number of amides is 1. The lowest BCUT2D eigenvalue weighted by Gasteiger charge is -2.11. The van der Waals surface area contributed by atoms with Gasteiger partial charge in [-0.1, -0.05) is 0 Å². The Morgan fingerprint density at radius 2 is 2.00 bits per heavy atom. The maximum atomic E-state index is 13.4. The van der Waals surface area contributed by atoms with E-state index in [0.717, 1.165) is 17.0 Å². The number of sulfone groups is 1. The SMILES string of the molecule is CN(C)C(=O)CS(=O)(=O)c1ccc(N)cc1F. The normalized spacial score (nSPS) is 11.2. The number of benzene rings is 1. The Balaban J connectivity index is 3.10. The lowest BCUT2D eigenvalue weighted by Crippen LogP contribution is -2.29. The number of nitrogen functional groups attached to an aromatic ring is 1. The van der Waals surface area contributed by atoms with Crippen LogP contribution in [0.3, 0.4) is 0 Å². The molecular weight excluding hydrogens is 247 g/mol. The van der Waals surface area contributed by atoms with E-state index in [0.29, 0.717) is 0 Å². The number of hydrogen-bond acceptors (Lipinski definition) is 4. The lowest BCUT2D eigenvalue weighted by atomic mass is 10.3. The number of anilines is 1. The number of nitrogens with two attached hydrogens (primary N) is 1. The van der Waals surface area contributed by atoms with Gasteiger partial charge in [0, 0.05) is 19.8 Å². The summed E-state index contributed by atoms with van der Waals surface area (Å²) in [6, 6.07) is 3.24. The minimum atomic E-state index is -3.97. The van der Waals surface area contributed by atoms with Gasteiger partial charge in [0.1, 0.15) is 16.5 Å². The Kier molecular flexibility index (Phi) is 3.72. The van der Waals surface area contributed by atoms with E-state index >= 15 is 0 Å². The van der Waals surface area contributed by atoms with E-state index < -0.39 is 32.2 Å². The fourth-order valence-corrected chi connectivity index (χ4v) is 2.51. The Morgan fingerprint density at radius 1 is 1.41 bits per heavy atom. The molecule has 1 aromatic rings. The van der Waals surface area contributed by atoms with Crippen LogP contribution in [0, 0.1) is 5.82 Å².